The zero-order valence-corrected chi connectivity index (χ0v) is 21.3. The Bertz CT molecular complexity index is 1050. The number of ether oxygens (including phenoxy) is 1. The first kappa shape index (κ1) is 26.8. The number of unbranched alkanes of at least 4 members (excludes halogenated alkanes) is 1. The molecule has 33 heavy (non-hydrogen) atoms. The fourth-order valence-electron chi connectivity index (χ4n) is 3.01. The van der Waals surface area contributed by atoms with Gasteiger partial charge in [0.15, 0.2) is 0 Å². The van der Waals surface area contributed by atoms with Crippen molar-refractivity contribution in [2.24, 2.45) is 5.92 Å². The van der Waals surface area contributed by atoms with Crippen LogP contribution in [0.1, 0.15) is 44.1 Å². The van der Waals surface area contributed by atoms with Gasteiger partial charge in [-0.25, -0.2) is 23.0 Å². The van der Waals surface area contributed by atoms with Crippen molar-refractivity contribution in [3.8, 4) is 11.1 Å². The molecule has 2 amide bonds. The highest BCUT2D eigenvalue weighted by atomic mass is 32.2. The number of benzene rings is 1. The van der Waals surface area contributed by atoms with E-state index in [0.29, 0.717) is 29.9 Å². The minimum Gasteiger partial charge on any atom is -0.449 e. The quantitative estimate of drug-likeness (QED) is 0.366. The highest BCUT2D eigenvalue weighted by molar-refractivity contribution is 7.92. The van der Waals surface area contributed by atoms with E-state index in [9.17, 15) is 18.0 Å². The number of hydrogen-bond acceptors (Lipinski definition) is 7. The van der Waals surface area contributed by atoms with Crippen molar-refractivity contribution in [3.63, 3.8) is 0 Å². The van der Waals surface area contributed by atoms with Crippen molar-refractivity contribution in [2.75, 3.05) is 20.8 Å². The number of thiophene rings is 1. The fraction of sp³-hybridized carbons (Fsp3) is 0.478. The number of hydrogen-bond donors (Lipinski definition) is 1. The Balaban J connectivity index is 2.33. The minimum absolute atomic E-state index is 0.0635. The number of amides is 2. The summed E-state index contributed by atoms with van der Waals surface area (Å²) in [6.45, 7) is 6.22. The van der Waals surface area contributed by atoms with Gasteiger partial charge < -0.3 is 4.74 Å². The minimum atomic E-state index is -4.12. The second kappa shape index (κ2) is 12.2. The summed E-state index contributed by atoms with van der Waals surface area (Å²) in [5.41, 5.74) is 1.96. The van der Waals surface area contributed by atoms with Crippen molar-refractivity contribution < 1.29 is 27.6 Å². The van der Waals surface area contributed by atoms with Crippen molar-refractivity contribution in [1.82, 2.24) is 9.79 Å². The van der Waals surface area contributed by atoms with E-state index in [2.05, 4.69) is 13.8 Å². The maximum absolute atomic E-state index is 13.0. The number of hydroxylamine groups is 2. The Labute approximate surface area is 199 Å². The highest BCUT2D eigenvalue weighted by Gasteiger charge is 2.26. The highest BCUT2D eigenvalue weighted by Crippen LogP contribution is 2.36. The molecule has 2 aromatic rings. The van der Waals surface area contributed by atoms with Gasteiger partial charge in [0.2, 0.25) is 5.91 Å². The van der Waals surface area contributed by atoms with Crippen molar-refractivity contribution in [2.45, 2.75) is 50.7 Å². The van der Waals surface area contributed by atoms with E-state index >= 15 is 0 Å². The van der Waals surface area contributed by atoms with E-state index in [-0.39, 0.29) is 23.1 Å². The zero-order chi connectivity index (χ0) is 24.6. The molecule has 0 bridgehead atoms. The lowest BCUT2D eigenvalue weighted by Crippen LogP contribution is -2.31. The van der Waals surface area contributed by atoms with Gasteiger partial charge in [-0.3, -0.25) is 9.63 Å². The average Bonchev–Trinajstić information content (AvgIpc) is 3.17. The lowest BCUT2D eigenvalue weighted by Gasteiger charge is -2.13. The van der Waals surface area contributed by atoms with Gasteiger partial charge in [0, 0.05) is 17.5 Å². The van der Waals surface area contributed by atoms with Gasteiger partial charge in [-0.1, -0.05) is 51.5 Å². The first-order valence-electron chi connectivity index (χ1n) is 10.8. The first-order chi connectivity index (χ1) is 15.6. The van der Waals surface area contributed by atoms with Crippen LogP contribution in [-0.4, -0.2) is 46.2 Å². The van der Waals surface area contributed by atoms with E-state index in [1.54, 1.807) is 24.3 Å². The molecule has 0 radical (unpaired) electrons. The van der Waals surface area contributed by atoms with Crippen LogP contribution >= 0.6 is 11.3 Å². The number of nitrogens with one attached hydrogen (secondary N) is 1. The lowest BCUT2D eigenvalue weighted by molar-refractivity contribution is -0.167. The monoisotopic (exact) mass is 496 g/mol. The Morgan fingerprint density at radius 3 is 2.42 bits per heavy atom. The van der Waals surface area contributed by atoms with Crippen LogP contribution in [0.2, 0.25) is 0 Å². The third-order valence-corrected chi connectivity index (χ3v) is 7.80. The van der Waals surface area contributed by atoms with Gasteiger partial charge in [0.25, 0.3) is 10.0 Å². The van der Waals surface area contributed by atoms with Crippen LogP contribution in [0.5, 0.6) is 0 Å². The molecule has 0 saturated carbocycles. The second-order valence-corrected chi connectivity index (χ2v) is 11.1. The molecule has 0 aliphatic carbocycles. The summed E-state index contributed by atoms with van der Waals surface area (Å²) in [4.78, 5) is 29.9. The molecule has 1 aromatic carbocycles. The molecule has 1 N–H and O–H groups in total. The molecule has 0 aliphatic heterocycles. The van der Waals surface area contributed by atoms with Gasteiger partial charge in [-0.05, 0) is 36.0 Å². The van der Waals surface area contributed by atoms with E-state index in [0.717, 1.165) is 33.3 Å². The van der Waals surface area contributed by atoms with E-state index in [1.807, 2.05) is 17.7 Å². The van der Waals surface area contributed by atoms with Crippen LogP contribution in [0.15, 0.2) is 34.5 Å². The molecule has 0 spiro atoms. The maximum atomic E-state index is 13.0. The third kappa shape index (κ3) is 7.83. The summed E-state index contributed by atoms with van der Waals surface area (Å²) in [6.07, 6.45) is 1.37. The van der Waals surface area contributed by atoms with Crippen LogP contribution < -0.4 is 4.72 Å². The van der Waals surface area contributed by atoms with Crippen LogP contribution in [0.25, 0.3) is 11.1 Å². The Morgan fingerprint density at radius 2 is 1.85 bits per heavy atom. The molecule has 182 valence electrons. The number of carbonyl (C=O) groups excluding carboxylic acids is 2. The van der Waals surface area contributed by atoms with Gasteiger partial charge in [0.1, 0.15) is 4.21 Å². The van der Waals surface area contributed by atoms with Crippen LogP contribution in [-0.2, 0) is 37.2 Å². The number of nitrogens with zero attached hydrogens (tertiary/aromatic N) is 1. The number of sulfonamides is 1. The molecule has 1 heterocycles. The molecular formula is C23H32N2O6S2. The fourth-order valence-corrected chi connectivity index (χ4v) is 5.85. The molecule has 1 aromatic heterocycles. The Hall–Kier alpha value is -2.43. The molecular weight excluding hydrogens is 464 g/mol. The molecule has 8 nitrogen and oxygen atoms in total. The predicted molar refractivity (Wildman–Crippen MR) is 128 cm³/mol. The van der Waals surface area contributed by atoms with Gasteiger partial charge >= 0.3 is 6.09 Å². The molecule has 10 heteroatoms. The standard InChI is InChI=1S/C23H32N2O6S2/c1-6-7-12-31-23(27)24-33(28,29)22-20(15-19(32-22)13-16(2)3)18-10-8-17(9-11-18)14-21(26)25(4)30-5/h8-11,15-16H,6-7,12-14H2,1-5H3,(H,24,27). The normalized spacial score (nSPS) is 11.5. The molecule has 0 atom stereocenters. The summed E-state index contributed by atoms with van der Waals surface area (Å²) in [5, 5.41) is 1.15. The largest absolute Gasteiger partial charge is 0.449 e. The molecule has 0 aliphatic rings. The van der Waals surface area contributed by atoms with Crippen LogP contribution in [0, 0.1) is 5.92 Å². The van der Waals surface area contributed by atoms with Crippen molar-refractivity contribution >= 4 is 33.4 Å². The maximum Gasteiger partial charge on any atom is 0.421 e. The summed E-state index contributed by atoms with van der Waals surface area (Å²) in [6, 6.07) is 8.95. The van der Waals surface area contributed by atoms with E-state index < -0.39 is 16.1 Å². The number of carbonyl (C=O) groups is 2. The van der Waals surface area contributed by atoms with Gasteiger partial charge in [-0.2, -0.15) is 0 Å². The third-order valence-electron chi connectivity index (χ3n) is 4.80. The molecule has 0 fully saturated rings. The number of likely N-dealkylation sites (N-methyl/N-ethyl adjacent to an activating group) is 1. The summed E-state index contributed by atoms with van der Waals surface area (Å²) >= 11 is 1.15. The Morgan fingerprint density at radius 1 is 1.18 bits per heavy atom. The lowest BCUT2D eigenvalue weighted by atomic mass is 10.0. The second-order valence-electron chi connectivity index (χ2n) is 8.05. The van der Waals surface area contributed by atoms with E-state index in [1.165, 1.54) is 14.2 Å². The molecule has 2 rings (SSSR count). The van der Waals surface area contributed by atoms with Gasteiger partial charge in [0.05, 0.1) is 20.1 Å². The van der Waals surface area contributed by atoms with Crippen LogP contribution in [0.4, 0.5) is 4.79 Å². The van der Waals surface area contributed by atoms with Gasteiger partial charge in [-0.15, -0.1) is 11.3 Å². The number of rotatable bonds is 11. The average molecular weight is 497 g/mol. The van der Waals surface area contributed by atoms with Crippen molar-refractivity contribution in [1.29, 1.82) is 0 Å². The smallest absolute Gasteiger partial charge is 0.421 e. The molecule has 0 saturated heterocycles. The predicted octanol–water partition coefficient (Wildman–Crippen LogP) is 4.39. The van der Waals surface area contributed by atoms with E-state index in [4.69, 9.17) is 9.57 Å². The van der Waals surface area contributed by atoms with Crippen LogP contribution in [0.3, 0.4) is 0 Å². The zero-order valence-electron chi connectivity index (χ0n) is 19.7. The summed E-state index contributed by atoms with van der Waals surface area (Å²) in [7, 11) is -1.16. The summed E-state index contributed by atoms with van der Waals surface area (Å²) in [5.74, 6) is 0.138. The van der Waals surface area contributed by atoms with Crippen molar-refractivity contribution in [3.05, 3.63) is 40.8 Å². The summed E-state index contributed by atoms with van der Waals surface area (Å²) < 4.78 is 33.1. The SMILES string of the molecule is CCCCOC(=O)NS(=O)(=O)c1sc(CC(C)C)cc1-c1ccc(CC(=O)N(C)OC)cc1. The molecule has 0 unspecified atom stereocenters. The Kier molecular flexibility index (Phi) is 9.87. The topological polar surface area (TPSA) is 102 Å². The first-order valence-corrected chi connectivity index (χ1v) is 13.1.